The van der Waals surface area contributed by atoms with E-state index in [1.54, 1.807) is 20.7 Å². The minimum atomic E-state index is -0.918. The van der Waals surface area contributed by atoms with Crippen molar-refractivity contribution in [2.45, 2.75) is 83.1 Å². The van der Waals surface area contributed by atoms with Crippen molar-refractivity contribution in [2.24, 2.45) is 5.92 Å². The van der Waals surface area contributed by atoms with E-state index in [0.29, 0.717) is 38.0 Å². The molecule has 3 aliphatic heterocycles. The highest BCUT2D eigenvalue weighted by molar-refractivity contribution is 5.94. The molecule has 0 spiro atoms. The highest BCUT2D eigenvalue weighted by Crippen LogP contribution is 2.29. The number of fused-ring (bicyclic) bond motifs is 5. The summed E-state index contributed by atoms with van der Waals surface area (Å²) in [5.41, 5.74) is 1.40. The molecular formula is C30H40N8O5. The summed E-state index contributed by atoms with van der Waals surface area (Å²) in [6.07, 6.45) is 4.38. The quantitative estimate of drug-likeness (QED) is 0.418. The van der Waals surface area contributed by atoms with Crippen molar-refractivity contribution < 1.29 is 24.0 Å². The van der Waals surface area contributed by atoms with Crippen LogP contribution in [0.25, 0.3) is 0 Å². The van der Waals surface area contributed by atoms with Gasteiger partial charge in [-0.1, -0.05) is 49.4 Å². The Labute approximate surface area is 250 Å². The number of amides is 5. The molecule has 1 aromatic heterocycles. The highest BCUT2D eigenvalue weighted by Gasteiger charge is 2.42. The van der Waals surface area contributed by atoms with Gasteiger partial charge in [-0.25, -0.2) is 4.68 Å². The molecule has 1 aromatic carbocycles. The maximum atomic E-state index is 13.7. The molecule has 2 aromatic rings. The normalized spacial score (nSPS) is 24.8. The van der Waals surface area contributed by atoms with Gasteiger partial charge < -0.3 is 25.8 Å². The summed E-state index contributed by atoms with van der Waals surface area (Å²) < 4.78 is 1.64. The number of carbonyl (C=O) groups is 5. The molecule has 3 N–H and O–H groups in total. The SMILES string of the molecule is CC(C)[C@@H]1NC(=O)[C@@H]2C[C@@H](CN2C(=O)CCCN2CCCC2=O)n2cc(nn2)CNC(=O)[C@@H](Cc2ccccc2)NC1=O. The molecule has 13 heteroatoms. The second kappa shape index (κ2) is 13.3. The van der Waals surface area contributed by atoms with E-state index in [-0.39, 0.29) is 55.6 Å². The first-order chi connectivity index (χ1) is 20.7. The third kappa shape index (κ3) is 7.20. The molecular weight excluding hydrogens is 552 g/mol. The summed E-state index contributed by atoms with van der Waals surface area (Å²) in [4.78, 5) is 69.3. The number of hydrogen-bond donors (Lipinski definition) is 3. The molecule has 230 valence electrons. The molecule has 0 aliphatic carbocycles. The number of likely N-dealkylation sites (tertiary alicyclic amines) is 2. The lowest BCUT2D eigenvalue weighted by molar-refractivity contribution is -0.140. The average Bonchev–Trinajstić information content (AvgIpc) is 3.74. The van der Waals surface area contributed by atoms with E-state index in [4.69, 9.17) is 0 Å². The van der Waals surface area contributed by atoms with Gasteiger partial charge in [-0.15, -0.1) is 5.10 Å². The number of nitrogens with zero attached hydrogens (tertiary/aromatic N) is 5. The van der Waals surface area contributed by atoms with Crippen LogP contribution in [0.1, 0.15) is 63.3 Å². The summed E-state index contributed by atoms with van der Waals surface area (Å²) in [7, 11) is 0. The number of nitrogens with one attached hydrogen (secondary N) is 3. The first-order valence-corrected chi connectivity index (χ1v) is 15.1. The maximum Gasteiger partial charge on any atom is 0.243 e. The zero-order chi connectivity index (χ0) is 30.5. The van der Waals surface area contributed by atoms with Gasteiger partial charge in [-0.05, 0) is 24.3 Å². The summed E-state index contributed by atoms with van der Waals surface area (Å²) in [6.45, 7) is 5.23. The van der Waals surface area contributed by atoms with Crippen molar-refractivity contribution in [1.82, 2.24) is 40.7 Å². The van der Waals surface area contributed by atoms with Crippen LogP contribution in [0.5, 0.6) is 0 Å². The molecule has 4 bridgehead atoms. The van der Waals surface area contributed by atoms with Crippen LogP contribution < -0.4 is 16.0 Å². The molecule has 5 amide bonds. The van der Waals surface area contributed by atoms with Gasteiger partial charge in [-0.3, -0.25) is 24.0 Å². The van der Waals surface area contributed by atoms with Crippen molar-refractivity contribution in [2.75, 3.05) is 19.6 Å². The number of aromatic nitrogens is 3. The minimum Gasteiger partial charge on any atom is -0.349 e. The molecule has 5 rings (SSSR count). The lowest BCUT2D eigenvalue weighted by Gasteiger charge is -2.29. The van der Waals surface area contributed by atoms with Crippen molar-refractivity contribution in [3.05, 3.63) is 47.8 Å². The van der Waals surface area contributed by atoms with Gasteiger partial charge in [0.15, 0.2) is 0 Å². The van der Waals surface area contributed by atoms with Gasteiger partial charge >= 0.3 is 0 Å². The van der Waals surface area contributed by atoms with Crippen molar-refractivity contribution in [1.29, 1.82) is 0 Å². The van der Waals surface area contributed by atoms with Crippen LogP contribution in [0.4, 0.5) is 0 Å². The summed E-state index contributed by atoms with van der Waals surface area (Å²) in [6, 6.07) is 6.46. The summed E-state index contributed by atoms with van der Waals surface area (Å²) >= 11 is 0. The fourth-order valence-corrected chi connectivity index (χ4v) is 6.01. The zero-order valence-corrected chi connectivity index (χ0v) is 24.7. The standard InChI is InChI=1S/C30H40N8O5/c1-19(2)27-30(43)32-23(14-20-8-4-3-5-9-20)28(41)31-16-21-17-38(35-34-21)22-15-24(29(42)33-27)37(18-22)26(40)11-7-13-36-12-6-10-25(36)39/h3-5,8-9,17,19,22-24,27H,6-7,10-16,18H2,1-2H3,(H,31,41)(H,32,43)(H,33,42)/t22-,23+,24-,27-/m0/s1. The Balaban J connectivity index is 1.36. The molecule has 0 saturated carbocycles. The van der Waals surface area contributed by atoms with E-state index >= 15 is 0 Å². The predicted molar refractivity (Wildman–Crippen MR) is 155 cm³/mol. The van der Waals surface area contributed by atoms with E-state index in [9.17, 15) is 24.0 Å². The van der Waals surface area contributed by atoms with Crippen LogP contribution >= 0.6 is 0 Å². The van der Waals surface area contributed by atoms with Crippen LogP contribution in [-0.4, -0.2) is 92.1 Å². The van der Waals surface area contributed by atoms with Crippen LogP contribution in [0, 0.1) is 5.92 Å². The van der Waals surface area contributed by atoms with Crippen LogP contribution in [0.15, 0.2) is 36.5 Å². The van der Waals surface area contributed by atoms with Gasteiger partial charge in [-0.2, -0.15) is 0 Å². The van der Waals surface area contributed by atoms with Gasteiger partial charge in [0, 0.05) is 45.3 Å². The number of benzene rings is 1. The van der Waals surface area contributed by atoms with Gasteiger partial charge in [0.1, 0.15) is 23.8 Å². The second-order valence-electron chi connectivity index (χ2n) is 11.9. The van der Waals surface area contributed by atoms with E-state index < -0.39 is 29.9 Å². The van der Waals surface area contributed by atoms with Crippen LogP contribution in [0.2, 0.25) is 0 Å². The average molecular weight is 593 g/mol. The molecule has 3 aliphatic rings. The fraction of sp³-hybridized carbons (Fsp3) is 0.567. The Morgan fingerprint density at radius 3 is 2.56 bits per heavy atom. The first kappa shape index (κ1) is 30.2. The second-order valence-corrected chi connectivity index (χ2v) is 11.9. The topological polar surface area (TPSA) is 159 Å². The van der Waals surface area contributed by atoms with Crippen molar-refractivity contribution in [3.8, 4) is 0 Å². The third-order valence-electron chi connectivity index (χ3n) is 8.43. The Hall–Kier alpha value is -4.29. The Morgan fingerprint density at radius 1 is 1.05 bits per heavy atom. The molecule has 0 radical (unpaired) electrons. The highest BCUT2D eigenvalue weighted by atomic mass is 16.2. The Morgan fingerprint density at radius 2 is 1.84 bits per heavy atom. The zero-order valence-electron chi connectivity index (χ0n) is 24.7. The monoisotopic (exact) mass is 592 g/mol. The largest absolute Gasteiger partial charge is 0.349 e. The summed E-state index contributed by atoms with van der Waals surface area (Å²) in [5, 5.41) is 17.0. The number of carbonyl (C=O) groups excluding carboxylic acids is 5. The van der Waals surface area contributed by atoms with Crippen LogP contribution in [0.3, 0.4) is 0 Å². The van der Waals surface area contributed by atoms with E-state index in [1.807, 2.05) is 44.2 Å². The van der Waals surface area contributed by atoms with Gasteiger partial charge in [0.2, 0.25) is 29.5 Å². The maximum absolute atomic E-state index is 13.7. The predicted octanol–water partition coefficient (Wildman–Crippen LogP) is 0.321. The molecule has 2 fully saturated rings. The number of hydrogen-bond acceptors (Lipinski definition) is 7. The summed E-state index contributed by atoms with van der Waals surface area (Å²) in [5.74, 6) is -1.63. The molecule has 4 heterocycles. The molecule has 13 nitrogen and oxygen atoms in total. The van der Waals surface area contributed by atoms with Crippen molar-refractivity contribution >= 4 is 29.5 Å². The van der Waals surface area contributed by atoms with Gasteiger partial charge in [0.05, 0.1) is 18.8 Å². The smallest absolute Gasteiger partial charge is 0.243 e. The lowest BCUT2D eigenvalue weighted by atomic mass is 10.00. The fourth-order valence-electron chi connectivity index (χ4n) is 6.01. The number of rotatable bonds is 7. The molecule has 2 saturated heterocycles. The lowest BCUT2D eigenvalue weighted by Crippen LogP contribution is -2.58. The van der Waals surface area contributed by atoms with E-state index in [0.717, 1.165) is 12.0 Å². The van der Waals surface area contributed by atoms with Crippen molar-refractivity contribution in [3.63, 3.8) is 0 Å². The third-order valence-corrected chi connectivity index (χ3v) is 8.43. The van der Waals surface area contributed by atoms with Gasteiger partial charge in [0.25, 0.3) is 0 Å². The molecule has 4 atom stereocenters. The van der Waals surface area contributed by atoms with Crippen LogP contribution in [-0.2, 0) is 36.9 Å². The van der Waals surface area contributed by atoms with E-state index in [1.165, 1.54) is 0 Å². The minimum absolute atomic E-state index is 0.110. The Bertz CT molecular complexity index is 1350. The Kier molecular flexibility index (Phi) is 9.37. The first-order valence-electron chi connectivity index (χ1n) is 15.1. The van der Waals surface area contributed by atoms with E-state index in [2.05, 4.69) is 26.3 Å². The molecule has 0 unspecified atom stereocenters. The molecule has 43 heavy (non-hydrogen) atoms.